The van der Waals surface area contributed by atoms with Crippen LogP contribution in [-0.4, -0.2) is 31.9 Å². The Balaban J connectivity index is 0.000000260. The number of rotatable bonds is 6. The maximum absolute atomic E-state index is 11.0. The largest absolute Gasteiger partial charge is 0.619 e. The lowest BCUT2D eigenvalue weighted by molar-refractivity contribution is -0.614. The van der Waals surface area contributed by atoms with Gasteiger partial charge in [-0.15, -0.1) is 0 Å². The first kappa shape index (κ1) is 22.2. The molecule has 12 heteroatoms. The Kier molecular flexibility index (Phi) is 8.36. The van der Waals surface area contributed by atoms with Crippen LogP contribution in [0, 0.1) is 10.4 Å². The van der Waals surface area contributed by atoms with E-state index in [4.69, 9.17) is 19.6 Å². The maximum Gasteiger partial charge on any atom is 0.326 e. The van der Waals surface area contributed by atoms with Crippen molar-refractivity contribution >= 4 is 15.2 Å². The average Bonchev–Trinajstić information content (AvgIpc) is 2.52. The van der Waals surface area contributed by atoms with Gasteiger partial charge < -0.3 is 30.0 Å². The van der Waals surface area contributed by atoms with Gasteiger partial charge in [0.25, 0.3) is 0 Å². The fourth-order valence-corrected chi connectivity index (χ4v) is 2.88. The van der Waals surface area contributed by atoms with E-state index in [1.165, 1.54) is 12.4 Å². The molecule has 0 aliphatic carbocycles. The second-order valence-electron chi connectivity index (χ2n) is 5.31. The Labute approximate surface area is 149 Å². The number of aryl methyl sites for hydroxylation is 2. The highest BCUT2D eigenvalue weighted by atomic mass is 31.2. The number of aromatic nitrogens is 2. The van der Waals surface area contributed by atoms with Crippen LogP contribution >= 0.6 is 15.2 Å². The molecule has 0 spiro atoms. The summed E-state index contributed by atoms with van der Waals surface area (Å²) in [5, 5.41) is 22.0. The molecule has 2 heterocycles. The van der Waals surface area contributed by atoms with Crippen LogP contribution in [0.4, 0.5) is 0 Å². The molecule has 0 saturated carbocycles. The van der Waals surface area contributed by atoms with E-state index in [0.717, 1.165) is 0 Å². The first-order valence-electron chi connectivity index (χ1n) is 7.41. The quantitative estimate of drug-likeness (QED) is 0.297. The summed E-state index contributed by atoms with van der Waals surface area (Å²) in [6.45, 7) is 0. The molecule has 10 nitrogen and oxygen atoms in total. The lowest BCUT2D eigenvalue weighted by Crippen LogP contribution is -2.31. The van der Waals surface area contributed by atoms with Crippen molar-refractivity contribution in [1.82, 2.24) is 0 Å². The zero-order valence-corrected chi connectivity index (χ0v) is 15.4. The summed E-state index contributed by atoms with van der Waals surface area (Å²) in [6, 6.07) is 9.53. The molecule has 2 aromatic rings. The summed E-state index contributed by atoms with van der Waals surface area (Å²) in [6.07, 6.45) is 2.20. The van der Waals surface area contributed by atoms with Gasteiger partial charge >= 0.3 is 15.2 Å². The van der Waals surface area contributed by atoms with Crippen LogP contribution in [0.25, 0.3) is 0 Å². The Morgan fingerprint density at radius 1 is 0.731 bits per heavy atom. The fourth-order valence-electron chi connectivity index (χ4n) is 1.83. The summed E-state index contributed by atoms with van der Waals surface area (Å²) in [5.74, 6) is 0. The summed E-state index contributed by atoms with van der Waals surface area (Å²) in [7, 11) is -8.01. The molecule has 0 radical (unpaired) electrons. The first-order valence-corrected chi connectivity index (χ1v) is 11.0. The smallest absolute Gasteiger partial charge is 0.326 e. The molecule has 0 aliphatic rings. The summed E-state index contributed by atoms with van der Waals surface area (Å²) in [4.78, 5) is 34.3. The van der Waals surface area contributed by atoms with Crippen LogP contribution in [0.1, 0.15) is 11.4 Å². The van der Waals surface area contributed by atoms with Gasteiger partial charge in [0.15, 0.2) is 23.8 Å². The summed E-state index contributed by atoms with van der Waals surface area (Å²) in [5.41, 5.74) is 0.733. The third kappa shape index (κ3) is 9.62. The Hall–Kier alpha value is -1.80. The van der Waals surface area contributed by atoms with Crippen LogP contribution in [0.2, 0.25) is 0 Å². The van der Waals surface area contributed by atoms with Crippen LogP contribution in [0.5, 0.6) is 0 Å². The second kappa shape index (κ2) is 9.78. The highest BCUT2D eigenvalue weighted by Gasteiger charge is 2.16. The van der Waals surface area contributed by atoms with E-state index in [0.29, 0.717) is 20.8 Å². The SMILES string of the molecule is O=P(O)(O)CCc1cccc[n+]1[O-].O=P(O)(O)CCc1cccc[n+]1[O-]. The van der Waals surface area contributed by atoms with Gasteiger partial charge in [-0.05, 0) is 0 Å². The van der Waals surface area contributed by atoms with Crippen LogP contribution in [0.3, 0.4) is 0 Å². The Morgan fingerprint density at radius 2 is 1.08 bits per heavy atom. The van der Waals surface area contributed by atoms with Crippen molar-refractivity contribution < 1.29 is 38.2 Å². The molecule has 144 valence electrons. The highest BCUT2D eigenvalue weighted by Crippen LogP contribution is 2.35. The Morgan fingerprint density at radius 3 is 1.35 bits per heavy atom. The monoisotopic (exact) mass is 406 g/mol. The molecule has 26 heavy (non-hydrogen) atoms. The number of hydrogen-bond donors (Lipinski definition) is 4. The third-order valence-electron chi connectivity index (χ3n) is 3.13. The van der Waals surface area contributed by atoms with Gasteiger partial charge in [0.2, 0.25) is 0 Å². The fraction of sp³-hybridized carbons (Fsp3) is 0.286. The predicted molar refractivity (Wildman–Crippen MR) is 92.0 cm³/mol. The molecule has 2 aromatic heterocycles. The van der Waals surface area contributed by atoms with Gasteiger partial charge in [-0.1, -0.05) is 12.1 Å². The molecule has 2 rings (SSSR count). The molecule has 0 aliphatic heterocycles. The van der Waals surface area contributed by atoms with Crippen LogP contribution in [0.15, 0.2) is 48.8 Å². The van der Waals surface area contributed by atoms with E-state index in [9.17, 15) is 19.5 Å². The van der Waals surface area contributed by atoms with Gasteiger partial charge in [0.05, 0.1) is 12.3 Å². The molecule has 4 N–H and O–H groups in total. The minimum Gasteiger partial charge on any atom is -0.619 e. The zero-order valence-electron chi connectivity index (χ0n) is 13.7. The van der Waals surface area contributed by atoms with E-state index >= 15 is 0 Å². The number of nitrogens with zero attached hydrogens (tertiary/aromatic N) is 2. The van der Waals surface area contributed by atoms with Gasteiger partial charge in [0.1, 0.15) is 0 Å². The molecule has 0 fully saturated rings. The first-order chi connectivity index (χ1) is 12.0. The van der Waals surface area contributed by atoms with Gasteiger partial charge in [-0.3, -0.25) is 9.13 Å². The zero-order chi connectivity index (χ0) is 19.8. The van der Waals surface area contributed by atoms with Crippen molar-refractivity contribution in [2.75, 3.05) is 12.3 Å². The molecular weight excluding hydrogens is 386 g/mol. The van der Waals surface area contributed by atoms with Crippen LogP contribution in [-0.2, 0) is 22.0 Å². The highest BCUT2D eigenvalue weighted by molar-refractivity contribution is 7.52. The molecular formula is C14H20N2O8P2. The third-order valence-corrected chi connectivity index (χ3v) is 4.74. The predicted octanol–water partition coefficient (Wildman–Crippen LogP) is 0.0804. The molecule has 0 bridgehead atoms. The van der Waals surface area contributed by atoms with Crippen molar-refractivity contribution in [3.8, 4) is 0 Å². The van der Waals surface area contributed by atoms with E-state index in [2.05, 4.69) is 0 Å². The minimum absolute atomic E-state index is 0.0919. The topological polar surface area (TPSA) is 169 Å². The normalized spacial score (nSPS) is 11.5. The van der Waals surface area contributed by atoms with Crippen molar-refractivity contribution in [2.45, 2.75) is 12.8 Å². The van der Waals surface area contributed by atoms with E-state index in [-0.39, 0.29) is 25.2 Å². The second-order valence-corrected chi connectivity index (χ2v) is 8.87. The van der Waals surface area contributed by atoms with E-state index < -0.39 is 15.2 Å². The minimum atomic E-state index is -4.00. The summed E-state index contributed by atoms with van der Waals surface area (Å²) >= 11 is 0. The molecule has 0 unspecified atom stereocenters. The molecule has 0 saturated heterocycles. The molecule has 0 amide bonds. The van der Waals surface area contributed by atoms with Crippen LogP contribution < -0.4 is 9.46 Å². The van der Waals surface area contributed by atoms with Crippen molar-refractivity contribution in [2.24, 2.45) is 0 Å². The maximum atomic E-state index is 11.0. The number of hydrogen-bond acceptors (Lipinski definition) is 4. The van der Waals surface area contributed by atoms with Crippen molar-refractivity contribution in [3.63, 3.8) is 0 Å². The number of pyridine rings is 2. The molecule has 0 atom stereocenters. The van der Waals surface area contributed by atoms with Gasteiger partial charge in [-0.2, -0.15) is 9.46 Å². The Bertz CT molecular complexity index is 738. The lowest BCUT2D eigenvalue weighted by atomic mass is 10.3. The molecule has 0 aromatic carbocycles. The standard InChI is InChI=1S/2C7H10NO4P/c2*9-8-5-2-1-3-7(8)4-6-13(10,11)12/h2*1-3,5H,4,6H2,(H2,10,11,12). The van der Waals surface area contributed by atoms with Gasteiger partial charge in [-0.25, -0.2) is 0 Å². The summed E-state index contributed by atoms with van der Waals surface area (Å²) < 4.78 is 22.2. The van der Waals surface area contributed by atoms with Gasteiger partial charge in [0, 0.05) is 37.1 Å². The van der Waals surface area contributed by atoms with Crippen molar-refractivity contribution in [1.29, 1.82) is 0 Å². The van der Waals surface area contributed by atoms with Crippen molar-refractivity contribution in [3.05, 3.63) is 70.6 Å². The lowest BCUT2D eigenvalue weighted by Gasteiger charge is -2.04. The van der Waals surface area contributed by atoms with E-state index in [1.807, 2.05) is 0 Å². The van der Waals surface area contributed by atoms with E-state index in [1.54, 1.807) is 36.4 Å². The average molecular weight is 406 g/mol.